The molecule has 8 nitrogen and oxygen atoms in total. The van der Waals surface area contributed by atoms with Gasteiger partial charge in [-0.3, -0.25) is 9.59 Å². The Labute approximate surface area is 169 Å². The molecule has 1 fully saturated rings. The van der Waals surface area contributed by atoms with Crippen LogP contribution in [0.15, 0.2) is 53.4 Å². The van der Waals surface area contributed by atoms with Crippen molar-refractivity contribution in [3.8, 4) is 5.75 Å². The van der Waals surface area contributed by atoms with Gasteiger partial charge in [-0.2, -0.15) is 4.31 Å². The van der Waals surface area contributed by atoms with Crippen molar-refractivity contribution in [1.82, 2.24) is 14.5 Å². The zero-order valence-electron chi connectivity index (χ0n) is 16.0. The molecule has 0 radical (unpaired) electrons. The van der Waals surface area contributed by atoms with Gasteiger partial charge in [0.15, 0.2) is 0 Å². The first-order valence-electron chi connectivity index (χ1n) is 9.20. The fourth-order valence-corrected chi connectivity index (χ4v) is 4.53. The summed E-state index contributed by atoms with van der Waals surface area (Å²) in [6.45, 7) is 2.83. The molecule has 0 atom stereocenters. The zero-order chi connectivity index (χ0) is 21.0. The number of carbonyl (C=O) groups is 2. The molecular weight excluding hydrogens is 394 g/mol. The predicted molar refractivity (Wildman–Crippen MR) is 107 cm³/mol. The van der Waals surface area contributed by atoms with Crippen molar-refractivity contribution < 1.29 is 23.1 Å². The van der Waals surface area contributed by atoms with Gasteiger partial charge in [0.25, 0.3) is 5.91 Å². The van der Waals surface area contributed by atoms with Crippen molar-refractivity contribution >= 4 is 21.8 Å². The van der Waals surface area contributed by atoms with Crippen molar-refractivity contribution in [1.29, 1.82) is 0 Å². The minimum Gasteiger partial charge on any atom is -0.508 e. The number of rotatable bonds is 5. The molecule has 3 rings (SSSR count). The van der Waals surface area contributed by atoms with Crippen LogP contribution >= 0.6 is 0 Å². The van der Waals surface area contributed by atoms with Gasteiger partial charge < -0.3 is 15.3 Å². The van der Waals surface area contributed by atoms with Gasteiger partial charge in [-0.1, -0.05) is 18.2 Å². The molecule has 1 aliphatic heterocycles. The maximum atomic E-state index is 12.8. The van der Waals surface area contributed by atoms with Crippen molar-refractivity contribution in [3.05, 3.63) is 59.7 Å². The Balaban J connectivity index is 1.64. The van der Waals surface area contributed by atoms with E-state index in [4.69, 9.17) is 0 Å². The summed E-state index contributed by atoms with van der Waals surface area (Å²) in [5, 5.41) is 12.4. The summed E-state index contributed by atoms with van der Waals surface area (Å²) in [6.07, 6.45) is 0. The van der Waals surface area contributed by atoms with Gasteiger partial charge in [-0.25, -0.2) is 8.42 Å². The smallest absolute Gasteiger partial charge is 0.251 e. The van der Waals surface area contributed by atoms with E-state index >= 15 is 0 Å². The molecule has 0 aliphatic carbocycles. The number of hydrogen-bond donors (Lipinski definition) is 2. The van der Waals surface area contributed by atoms with E-state index < -0.39 is 10.0 Å². The molecule has 0 aromatic heterocycles. The Morgan fingerprint density at radius 3 is 2.21 bits per heavy atom. The van der Waals surface area contributed by atoms with Crippen LogP contribution in [-0.2, 0) is 21.4 Å². The molecule has 0 spiro atoms. The fraction of sp³-hybridized carbons (Fsp3) is 0.300. The van der Waals surface area contributed by atoms with Gasteiger partial charge in [0, 0.05) is 50.8 Å². The second-order valence-corrected chi connectivity index (χ2v) is 8.68. The van der Waals surface area contributed by atoms with E-state index in [2.05, 4.69) is 5.32 Å². The largest absolute Gasteiger partial charge is 0.508 e. The van der Waals surface area contributed by atoms with Crippen LogP contribution in [-0.4, -0.2) is 60.7 Å². The van der Waals surface area contributed by atoms with E-state index in [-0.39, 0.29) is 42.1 Å². The molecule has 1 aliphatic rings. The van der Waals surface area contributed by atoms with Gasteiger partial charge >= 0.3 is 0 Å². The van der Waals surface area contributed by atoms with Gasteiger partial charge in [0.1, 0.15) is 5.75 Å². The first kappa shape index (κ1) is 20.8. The Morgan fingerprint density at radius 1 is 1.00 bits per heavy atom. The van der Waals surface area contributed by atoms with Crippen LogP contribution < -0.4 is 5.32 Å². The molecular formula is C20H23N3O5S. The molecule has 0 bridgehead atoms. The number of para-hydroxylation sites is 1. The van der Waals surface area contributed by atoms with Gasteiger partial charge in [0.2, 0.25) is 15.9 Å². The van der Waals surface area contributed by atoms with Crippen molar-refractivity contribution in [2.45, 2.75) is 18.4 Å². The first-order valence-corrected chi connectivity index (χ1v) is 10.6. The highest BCUT2D eigenvalue weighted by atomic mass is 32.2. The van der Waals surface area contributed by atoms with Crippen LogP contribution in [0.5, 0.6) is 5.75 Å². The van der Waals surface area contributed by atoms with E-state index in [1.165, 1.54) is 41.6 Å². The number of sulfonamides is 1. The Bertz CT molecular complexity index is 997. The van der Waals surface area contributed by atoms with Crippen molar-refractivity contribution in [3.63, 3.8) is 0 Å². The highest BCUT2D eigenvalue weighted by molar-refractivity contribution is 7.89. The summed E-state index contributed by atoms with van der Waals surface area (Å²) < 4.78 is 26.9. The zero-order valence-corrected chi connectivity index (χ0v) is 16.9. The molecule has 2 aromatic rings. The lowest BCUT2D eigenvalue weighted by molar-refractivity contribution is -0.129. The summed E-state index contributed by atoms with van der Waals surface area (Å²) in [5.74, 6) is -0.340. The van der Waals surface area contributed by atoms with E-state index in [0.717, 1.165) is 0 Å². The van der Waals surface area contributed by atoms with Crippen LogP contribution in [0.1, 0.15) is 22.8 Å². The molecule has 1 saturated heterocycles. The number of phenolic OH excluding ortho intramolecular Hbond substituents is 1. The SMILES string of the molecule is CC(=O)N1CCN(S(=O)(=O)c2ccc(C(=O)NCc3ccccc3O)cc2)CC1. The van der Waals surface area contributed by atoms with Gasteiger partial charge in [0.05, 0.1) is 4.90 Å². The van der Waals surface area contributed by atoms with Crippen LogP contribution in [0.3, 0.4) is 0 Å². The Morgan fingerprint density at radius 2 is 1.62 bits per heavy atom. The number of phenols is 1. The lowest BCUT2D eigenvalue weighted by Gasteiger charge is -2.33. The average molecular weight is 417 g/mol. The summed E-state index contributed by atoms with van der Waals surface area (Å²) in [7, 11) is -3.68. The van der Waals surface area contributed by atoms with Gasteiger partial charge in [-0.15, -0.1) is 0 Å². The highest BCUT2D eigenvalue weighted by Gasteiger charge is 2.29. The number of carbonyl (C=O) groups excluding carboxylic acids is 2. The molecule has 2 aromatic carbocycles. The highest BCUT2D eigenvalue weighted by Crippen LogP contribution is 2.19. The Kier molecular flexibility index (Phi) is 6.19. The normalized spacial score (nSPS) is 15.1. The van der Waals surface area contributed by atoms with Crippen LogP contribution in [0.4, 0.5) is 0 Å². The van der Waals surface area contributed by atoms with E-state index in [1.807, 2.05) is 0 Å². The third kappa shape index (κ3) is 4.75. The molecule has 9 heteroatoms. The number of hydrogen-bond acceptors (Lipinski definition) is 5. The number of piperazine rings is 1. The lowest BCUT2D eigenvalue weighted by Crippen LogP contribution is -2.49. The number of aromatic hydroxyl groups is 1. The second-order valence-electron chi connectivity index (χ2n) is 6.75. The van der Waals surface area contributed by atoms with E-state index in [9.17, 15) is 23.1 Å². The summed E-state index contributed by atoms with van der Waals surface area (Å²) in [6, 6.07) is 12.4. The molecule has 0 saturated carbocycles. The number of amides is 2. The number of nitrogens with one attached hydrogen (secondary N) is 1. The average Bonchev–Trinajstić information content (AvgIpc) is 2.73. The third-order valence-electron chi connectivity index (χ3n) is 4.87. The van der Waals surface area contributed by atoms with Crippen molar-refractivity contribution in [2.75, 3.05) is 26.2 Å². The minimum absolute atomic E-state index is 0.0683. The van der Waals surface area contributed by atoms with Crippen LogP contribution in [0.25, 0.3) is 0 Å². The molecule has 0 unspecified atom stereocenters. The maximum absolute atomic E-state index is 12.8. The van der Waals surface area contributed by atoms with E-state index in [0.29, 0.717) is 24.2 Å². The van der Waals surface area contributed by atoms with Crippen LogP contribution in [0, 0.1) is 0 Å². The monoisotopic (exact) mass is 417 g/mol. The standard InChI is InChI=1S/C20H23N3O5S/c1-15(24)22-10-12-23(13-11-22)29(27,28)18-8-6-16(7-9-18)20(26)21-14-17-4-2-3-5-19(17)25/h2-9,25H,10-14H2,1H3,(H,21,26). The Hall–Kier alpha value is -2.91. The molecule has 1 heterocycles. The minimum atomic E-state index is -3.68. The first-order chi connectivity index (χ1) is 13.8. The van der Waals surface area contributed by atoms with E-state index in [1.54, 1.807) is 23.1 Å². The van der Waals surface area contributed by atoms with Crippen molar-refractivity contribution in [2.24, 2.45) is 0 Å². The topological polar surface area (TPSA) is 107 Å². The number of nitrogens with zero attached hydrogens (tertiary/aromatic N) is 2. The maximum Gasteiger partial charge on any atom is 0.251 e. The summed E-state index contributed by atoms with van der Waals surface area (Å²) in [4.78, 5) is 25.4. The van der Waals surface area contributed by atoms with Gasteiger partial charge in [-0.05, 0) is 30.3 Å². The fourth-order valence-electron chi connectivity index (χ4n) is 3.11. The predicted octanol–water partition coefficient (Wildman–Crippen LogP) is 1.17. The molecule has 154 valence electrons. The second kappa shape index (κ2) is 8.62. The molecule has 29 heavy (non-hydrogen) atoms. The number of benzene rings is 2. The quantitative estimate of drug-likeness (QED) is 0.760. The summed E-state index contributed by atoms with van der Waals surface area (Å²) in [5.41, 5.74) is 0.908. The third-order valence-corrected chi connectivity index (χ3v) is 6.78. The molecule has 2 N–H and O–H groups in total. The lowest BCUT2D eigenvalue weighted by atomic mass is 10.2. The summed E-state index contributed by atoms with van der Waals surface area (Å²) >= 11 is 0. The van der Waals surface area contributed by atoms with Crippen LogP contribution in [0.2, 0.25) is 0 Å². The molecule has 2 amide bonds.